The van der Waals surface area contributed by atoms with Crippen LogP contribution in [0.1, 0.15) is 76.7 Å². The molecule has 182 valence electrons. The molecule has 2 rings (SSSR count). The van der Waals surface area contributed by atoms with Gasteiger partial charge in [0.2, 0.25) is 0 Å². The van der Waals surface area contributed by atoms with Crippen molar-refractivity contribution in [2.45, 2.75) is 71.1 Å². The number of methoxy groups -OCH3 is 1. The van der Waals surface area contributed by atoms with Gasteiger partial charge in [0.05, 0.1) is 18.6 Å². The summed E-state index contributed by atoms with van der Waals surface area (Å²) in [6.45, 7) is 3.39. The van der Waals surface area contributed by atoms with Gasteiger partial charge in [-0.15, -0.1) is 0 Å². The molecule has 1 saturated heterocycles. The fraction of sp³-hybridized carbons (Fsp3) is 0.560. The molecule has 1 aliphatic heterocycles. The Morgan fingerprint density at radius 3 is 2.55 bits per heavy atom. The van der Waals surface area contributed by atoms with Crippen LogP contribution in [0.25, 0.3) is 6.08 Å². The molecule has 1 aromatic rings. The normalized spacial score (nSPS) is 14.8. The van der Waals surface area contributed by atoms with E-state index in [1.54, 1.807) is 12.0 Å². The molecule has 1 heterocycles. The molecule has 8 heteroatoms. The van der Waals surface area contributed by atoms with Gasteiger partial charge in [-0.3, -0.25) is 14.5 Å². The van der Waals surface area contributed by atoms with E-state index in [1.807, 2.05) is 24.3 Å². The number of hydrogen-bond acceptors (Lipinski definition) is 6. The van der Waals surface area contributed by atoms with Crippen LogP contribution in [0.5, 0.6) is 11.5 Å². The number of rotatable bonds is 16. The lowest BCUT2D eigenvalue weighted by atomic mass is 10.1. The van der Waals surface area contributed by atoms with Crippen LogP contribution in [0.15, 0.2) is 23.1 Å². The minimum atomic E-state index is -0.794. The van der Waals surface area contributed by atoms with Gasteiger partial charge in [0.25, 0.3) is 5.91 Å². The number of thiocarbonyl (C=S) groups is 1. The van der Waals surface area contributed by atoms with Crippen molar-refractivity contribution in [3.63, 3.8) is 0 Å². The highest BCUT2D eigenvalue weighted by molar-refractivity contribution is 8.26. The Morgan fingerprint density at radius 1 is 1.09 bits per heavy atom. The van der Waals surface area contributed by atoms with E-state index in [2.05, 4.69) is 6.92 Å². The Morgan fingerprint density at radius 2 is 1.82 bits per heavy atom. The van der Waals surface area contributed by atoms with E-state index in [4.69, 9.17) is 26.8 Å². The lowest BCUT2D eigenvalue weighted by Gasteiger charge is -2.14. The monoisotopic (exact) mass is 493 g/mol. The molecule has 6 nitrogen and oxygen atoms in total. The number of amides is 1. The number of nitrogens with zero attached hydrogens (tertiary/aromatic N) is 1. The van der Waals surface area contributed by atoms with E-state index >= 15 is 0 Å². The molecule has 0 spiro atoms. The van der Waals surface area contributed by atoms with Crippen molar-refractivity contribution >= 4 is 46.3 Å². The number of carbonyl (C=O) groups is 2. The summed E-state index contributed by atoms with van der Waals surface area (Å²) >= 11 is 6.67. The molecule has 1 N–H and O–H groups in total. The third-order valence-electron chi connectivity index (χ3n) is 5.39. The van der Waals surface area contributed by atoms with E-state index in [9.17, 15) is 9.59 Å². The Bertz CT molecular complexity index is 840. The summed E-state index contributed by atoms with van der Waals surface area (Å²) in [4.78, 5) is 25.6. The molecule has 1 aromatic carbocycles. The van der Waals surface area contributed by atoms with E-state index in [-0.39, 0.29) is 12.3 Å². The summed E-state index contributed by atoms with van der Waals surface area (Å²) in [5, 5.41) is 8.72. The molecule has 1 fully saturated rings. The average molecular weight is 494 g/mol. The van der Waals surface area contributed by atoms with Gasteiger partial charge in [0.1, 0.15) is 4.32 Å². The predicted molar refractivity (Wildman–Crippen MR) is 138 cm³/mol. The third-order valence-corrected chi connectivity index (χ3v) is 6.76. The minimum absolute atomic E-state index is 0.106. The maximum Gasteiger partial charge on any atom is 0.303 e. The maximum atomic E-state index is 12.8. The van der Waals surface area contributed by atoms with Gasteiger partial charge in [-0.05, 0) is 43.0 Å². The van der Waals surface area contributed by atoms with E-state index < -0.39 is 5.97 Å². The fourth-order valence-corrected chi connectivity index (χ4v) is 4.83. The highest BCUT2D eigenvalue weighted by atomic mass is 32.2. The van der Waals surface area contributed by atoms with Crippen molar-refractivity contribution in [3.8, 4) is 11.5 Å². The second kappa shape index (κ2) is 15.0. The second-order valence-corrected chi connectivity index (χ2v) is 9.74. The summed E-state index contributed by atoms with van der Waals surface area (Å²) in [6.07, 6.45) is 11.3. The lowest BCUT2D eigenvalue weighted by Crippen LogP contribution is -2.29. The van der Waals surface area contributed by atoms with Crippen LogP contribution >= 0.6 is 24.0 Å². The molecule has 0 saturated carbocycles. The zero-order valence-corrected chi connectivity index (χ0v) is 21.3. The fourth-order valence-electron chi connectivity index (χ4n) is 3.52. The van der Waals surface area contributed by atoms with Crippen LogP contribution in [0, 0.1) is 0 Å². The van der Waals surface area contributed by atoms with Crippen LogP contribution in [-0.2, 0) is 9.59 Å². The van der Waals surface area contributed by atoms with Crippen molar-refractivity contribution in [2.24, 2.45) is 0 Å². The molecule has 33 heavy (non-hydrogen) atoms. The highest BCUT2D eigenvalue weighted by Gasteiger charge is 2.31. The van der Waals surface area contributed by atoms with Crippen LogP contribution in [0.4, 0.5) is 0 Å². The van der Waals surface area contributed by atoms with Crippen molar-refractivity contribution in [1.82, 2.24) is 4.90 Å². The lowest BCUT2D eigenvalue weighted by molar-refractivity contribution is -0.137. The third kappa shape index (κ3) is 9.37. The molecular formula is C25H35NO5S2. The topological polar surface area (TPSA) is 76.1 Å². The van der Waals surface area contributed by atoms with Gasteiger partial charge in [-0.1, -0.05) is 75.5 Å². The number of carboxylic acid groups (broad SMARTS) is 1. The number of hydrogen-bond donors (Lipinski definition) is 1. The summed E-state index contributed by atoms with van der Waals surface area (Å²) < 4.78 is 11.9. The van der Waals surface area contributed by atoms with Crippen LogP contribution < -0.4 is 9.47 Å². The summed E-state index contributed by atoms with van der Waals surface area (Å²) in [6, 6.07) is 5.66. The summed E-state index contributed by atoms with van der Waals surface area (Å²) in [5.41, 5.74) is 0.848. The van der Waals surface area contributed by atoms with Crippen LogP contribution in [0.3, 0.4) is 0 Å². The van der Waals surface area contributed by atoms with Gasteiger partial charge in [0.15, 0.2) is 11.5 Å². The Labute approximate surface area is 206 Å². The van der Waals surface area contributed by atoms with Crippen molar-refractivity contribution in [1.29, 1.82) is 0 Å². The van der Waals surface area contributed by atoms with Crippen molar-refractivity contribution in [2.75, 3.05) is 20.3 Å². The number of benzene rings is 1. The zero-order chi connectivity index (χ0) is 24.1. The molecule has 1 amide bonds. The minimum Gasteiger partial charge on any atom is -0.493 e. The smallest absolute Gasteiger partial charge is 0.303 e. The van der Waals surface area contributed by atoms with Crippen molar-refractivity contribution in [3.05, 3.63) is 28.7 Å². The maximum absolute atomic E-state index is 12.8. The molecule has 1 aliphatic rings. The number of aliphatic carboxylic acids is 1. The Balaban J connectivity index is 1.89. The van der Waals surface area contributed by atoms with E-state index in [0.29, 0.717) is 40.3 Å². The Kier molecular flexibility index (Phi) is 12.3. The van der Waals surface area contributed by atoms with E-state index in [0.717, 1.165) is 24.8 Å². The van der Waals surface area contributed by atoms with Gasteiger partial charge >= 0.3 is 5.97 Å². The van der Waals surface area contributed by atoms with Gasteiger partial charge in [-0.2, -0.15) is 0 Å². The molecule has 0 unspecified atom stereocenters. The van der Waals surface area contributed by atoms with Gasteiger partial charge < -0.3 is 14.6 Å². The number of unbranched alkanes of at least 4 members (excludes halogenated alkanes) is 7. The molecule has 0 atom stereocenters. The molecular weight excluding hydrogens is 458 g/mol. The standard InChI is InChI=1S/C25H35NO5S2/c1-3-4-5-6-7-11-16-31-20-14-13-19(17-21(20)30-2)18-22-24(29)26(25(32)33-22)15-10-8-9-12-23(27)28/h13-14,17-18H,3-12,15-16H2,1-2H3,(H,27,28)/b22-18-. The largest absolute Gasteiger partial charge is 0.493 e. The van der Waals surface area contributed by atoms with Crippen LogP contribution in [0.2, 0.25) is 0 Å². The first kappa shape index (κ1) is 27.2. The molecule has 0 bridgehead atoms. The first-order chi connectivity index (χ1) is 16.0. The quantitative estimate of drug-likeness (QED) is 0.165. The van der Waals surface area contributed by atoms with Gasteiger partial charge in [-0.25, -0.2) is 0 Å². The number of carboxylic acids is 1. The Hall–Kier alpha value is -2.06. The molecule has 0 aromatic heterocycles. The highest BCUT2D eigenvalue weighted by Crippen LogP contribution is 2.35. The SMILES string of the molecule is CCCCCCCCOc1ccc(/C=C2\SC(=S)N(CCCCCC(=O)O)C2=O)cc1OC. The van der Waals surface area contributed by atoms with Crippen LogP contribution in [-0.4, -0.2) is 46.5 Å². The predicted octanol–water partition coefficient (Wildman–Crippen LogP) is 6.28. The summed E-state index contributed by atoms with van der Waals surface area (Å²) in [7, 11) is 1.61. The average Bonchev–Trinajstić information content (AvgIpc) is 3.05. The van der Waals surface area contributed by atoms with Gasteiger partial charge in [0, 0.05) is 13.0 Å². The molecule has 0 aliphatic carbocycles. The second-order valence-electron chi connectivity index (χ2n) is 8.06. The summed E-state index contributed by atoms with van der Waals surface area (Å²) in [5.74, 6) is 0.448. The van der Waals surface area contributed by atoms with E-state index in [1.165, 1.54) is 43.9 Å². The number of thioether (sulfide) groups is 1. The first-order valence-electron chi connectivity index (χ1n) is 11.7. The first-order valence-corrected chi connectivity index (χ1v) is 13.0. The number of ether oxygens (including phenoxy) is 2. The van der Waals surface area contributed by atoms with Crippen molar-refractivity contribution < 1.29 is 24.2 Å². The number of carbonyl (C=O) groups excluding carboxylic acids is 1. The zero-order valence-electron chi connectivity index (χ0n) is 19.6. The molecule has 0 radical (unpaired) electrons.